The number of anilines is 1. The molecular formula is C12H17N5O2S. The van der Waals surface area contributed by atoms with Crippen LogP contribution in [0.1, 0.15) is 30.4 Å². The minimum atomic E-state index is -0.110. The molecule has 108 valence electrons. The van der Waals surface area contributed by atoms with Gasteiger partial charge in [-0.05, 0) is 6.54 Å². The monoisotopic (exact) mass is 295 g/mol. The standard InChI is InChI=1S/C12H17N5O2S/c1-2-17-3-4-18-9(6-17)11-15-10(19-16-11)5-8-7-20-12(13)14-8/h7,9H,2-6H2,1H3,(H2,13,14). The maximum absolute atomic E-state index is 5.70. The summed E-state index contributed by atoms with van der Waals surface area (Å²) in [5.74, 6) is 1.16. The molecule has 0 saturated carbocycles. The van der Waals surface area contributed by atoms with Crippen LogP contribution in [0, 0.1) is 0 Å². The van der Waals surface area contributed by atoms with E-state index in [1.165, 1.54) is 11.3 Å². The molecule has 1 unspecified atom stereocenters. The van der Waals surface area contributed by atoms with Gasteiger partial charge in [0.1, 0.15) is 6.10 Å². The number of nitrogen functional groups attached to an aromatic ring is 1. The number of nitrogens with zero attached hydrogens (tertiary/aromatic N) is 4. The maximum Gasteiger partial charge on any atom is 0.232 e. The topological polar surface area (TPSA) is 90.3 Å². The molecule has 0 spiro atoms. The quantitative estimate of drug-likeness (QED) is 0.903. The summed E-state index contributed by atoms with van der Waals surface area (Å²) in [5, 5.41) is 6.47. The Kier molecular flexibility index (Phi) is 3.95. The summed E-state index contributed by atoms with van der Waals surface area (Å²) in [6, 6.07) is 0. The number of nitrogens with two attached hydrogens (primary N) is 1. The summed E-state index contributed by atoms with van der Waals surface area (Å²) in [6.07, 6.45) is 0.395. The van der Waals surface area contributed by atoms with Crippen molar-refractivity contribution in [2.45, 2.75) is 19.4 Å². The van der Waals surface area contributed by atoms with Crippen LogP contribution < -0.4 is 5.73 Å². The summed E-state index contributed by atoms with van der Waals surface area (Å²) < 4.78 is 11.0. The second-order valence-corrected chi connectivity index (χ2v) is 5.54. The van der Waals surface area contributed by atoms with E-state index in [0.29, 0.717) is 29.9 Å². The Morgan fingerprint density at radius 2 is 2.40 bits per heavy atom. The van der Waals surface area contributed by atoms with Crippen molar-refractivity contribution in [3.63, 3.8) is 0 Å². The van der Waals surface area contributed by atoms with Gasteiger partial charge in [-0.15, -0.1) is 11.3 Å². The number of rotatable bonds is 4. The number of hydrogen-bond donors (Lipinski definition) is 1. The molecule has 0 aromatic carbocycles. The van der Waals surface area contributed by atoms with Gasteiger partial charge in [-0.1, -0.05) is 12.1 Å². The lowest BCUT2D eigenvalue weighted by molar-refractivity contribution is -0.0334. The van der Waals surface area contributed by atoms with Crippen molar-refractivity contribution in [3.8, 4) is 0 Å². The van der Waals surface area contributed by atoms with Crippen molar-refractivity contribution in [3.05, 3.63) is 22.8 Å². The number of hydrogen-bond acceptors (Lipinski definition) is 8. The van der Waals surface area contributed by atoms with Crippen molar-refractivity contribution in [1.82, 2.24) is 20.0 Å². The highest BCUT2D eigenvalue weighted by atomic mass is 32.1. The lowest BCUT2D eigenvalue weighted by atomic mass is 10.2. The molecule has 2 aromatic heterocycles. The number of likely N-dealkylation sites (N-methyl/N-ethyl adjacent to an activating group) is 1. The first-order chi connectivity index (χ1) is 9.74. The van der Waals surface area contributed by atoms with Gasteiger partial charge in [-0.3, -0.25) is 4.90 Å². The molecule has 1 fully saturated rings. The largest absolute Gasteiger partial charge is 0.375 e. The number of thiazole rings is 1. The van der Waals surface area contributed by atoms with Gasteiger partial charge in [0, 0.05) is 18.5 Å². The lowest BCUT2D eigenvalue weighted by Crippen LogP contribution is -2.38. The third-order valence-corrected chi connectivity index (χ3v) is 3.99. The fourth-order valence-corrected chi connectivity index (χ4v) is 2.74. The van der Waals surface area contributed by atoms with Gasteiger partial charge in [0.25, 0.3) is 0 Å². The average Bonchev–Trinajstić information content (AvgIpc) is 3.09. The molecule has 2 N–H and O–H groups in total. The Morgan fingerprint density at radius 1 is 1.50 bits per heavy atom. The minimum absolute atomic E-state index is 0.110. The average molecular weight is 295 g/mol. The van der Waals surface area contributed by atoms with Crippen LogP contribution in [0.25, 0.3) is 0 Å². The van der Waals surface area contributed by atoms with Crippen LogP contribution in [0.3, 0.4) is 0 Å². The smallest absolute Gasteiger partial charge is 0.232 e. The van der Waals surface area contributed by atoms with E-state index in [0.717, 1.165) is 25.3 Å². The second kappa shape index (κ2) is 5.86. The van der Waals surface area contributed by atoms with Gasteiger partial charge in [0.05, 0.1) is 18.7 Å². The molecule has 2 aromatic rings. The Bertz CT molecular complexity index is 570. The highest BCUT2D eigenvalue weighted by Gasteiger charge is 2.25. The number of ether oxygens (including phenoxy) is 1. The predicted octanol–water partition coefficient (Wildman–Crippen LogP) is 1.09. The van der Waals surface area contributed by atoms with Crippen LogP contribution in [0.2, 0.25) is 0 Å². The van der Waals surface area contributed by atoms with E-state index in [-0.39, 0.29) is 6.10 Å². The molecule has 3 rings (SSSR count). The van der Waals surface area contributed by atoms with E-state index in [2.05, 4.69) is 26.9 Å². The van der Waals surface area contributed by atoms with Crippen molar-refractivity contribution in [2.75, 3.05) is 32.0 Å². The van der Waals surface area contributed by atoms with E-state index >= 15 is 0 Å². The molecule has 20 heavy (non-hydrogen) atoms. The highest BCUT2D eigenvalue weighted by Crippen LogP contribution is 2.20. The first-order valence-electron chi connectivity index (χ1n) is 6.61. The summed E-state index contributed by atoms with van der Waals surface area (Å²) in [6.45, 7) is 5.60. The third-order valence-electron chi connectivity index (χ3n) is 3.27. The molecule has 1 saturated heterocycles. The first kappa shape index (κ1) is 13.5. The van der Waals surface area contributed by atoms with Crippen molar-refractivity contribution < 1.29 is 9.26 Å². The number of morpholine rings is 1. The zero-order valence-corrected chi connectivity index (χ0v) is 12.1. The third kappa shape index (κ3) is 2.97. The van der Waals surface area contributed by atoms with E-state index in [9.17, 15) is 0 Å². The molecule has 1 aliphatic rings. The Labute approximate surface area is 120 Å². The summed E-state index contributed by atoms with van der Waals surface area (Å²) in [5.41, 5.74) is 6.45. The fourth-order valence-electron chi connectivity index (χ4n) is 2.18. The van der Waals surface area contributed by atoms with Crippen LogP contribution in [-0.2, 0) is 11.2 Å². The van der Waals surface area contributed by atoms with Crippen molar-refractivity contribution >= 4 is 16.5 Å². The molecule has 1 atom stereocenters. The van der Waals surface area contributed by atoms with Gasteiger partial charge >= 0.3 is 0 Å². The first-order valence-corrected chi connectivity index (χ1v) is 7.49. The van der Waals surface area contributed by atoms with Crippen LogP contribution >= 0.6 is 11.3 Å². The zero-order valence-electron chi connectivity index (χ0n) is 11.3. The normalized spacial score (nSPS) is 20.4. The van der Waals surface area contributed by atoms with Gasteiger partial charge in [0.15, 0.2) is 5.13 Å². The summed E-state index contributed by atoms with van der Waals surface area (Å²) >= 11 is 1.41. The van der Waals surface area contributed by atoms with E-state index < -0.39 is 0 Å². The fraction of sp³-hybridized carbons (Fsp3) is 0.583. The summed E-state index contributed by atoms with van der Waals surface area (Å²) in [4.78, 5) is 10.9. The van der Waals surface area contributed by atoms with E-state index in [1.807, 2.05) is 5.38 Å². The molecule has 0 radical (unpaired) electrons. The maximum atomic E-state index is 5.70. The molecular weight excluding hydrogens is 278 g/mol. The Hall–Kier alpha value is -1.51. The predicted molar refractivity (Wildman–Crippen MR) is 74.4 cm³/mol. The molecule has 8 heteroatoms. The van der Waals surface area contributed by atoms with E-state index in [1.54, 1.807) is 0 Å². The number of aromatic nitrogens is 3. The molecule has 3 heterocycles. The van der Waals surface area contributed by atoms with Gasteiger partial charge in [0.2, 0.25) is 11.7 Å². The van der Waals surface area contributed by atoms with Gasteiger partial charge < -0.3 is 15.0 Å². The highest BCUT2D eigenvalue weighted by molar-refractivity contribution is 7.13. The van der Waals surface area contributed by atoms with Gasteiger partial charge in [-0.2, -0.15) is 4.98 Å². The SMILES string of the molecule is CCN1CCOC(c2noc(Cc3csc(N)n3)n2)C1. The second-order valence-electron chi connectivity index (χ2n) is 4.65. The van der Waals surface area contributed by atoms with Crippen molar-refractivity contribution in [1.29, 1.82) is 0 Å². The minimum Gasteiger partial charge on any atom is -0.375 e. The van der Waals surface area contributed by atoms with Gasteiger partial charge in [-0.25, -0.2) is 4.98 Å². The zero-order chi connectivity index (χ0) is 13.9. The molecule has 1 aliphatic heterocycles. The van der Waals surface area contributed by atoms with Crippen LogP contribution in [-0.4, -0.2) is 46.3 Å². The Morgan fingerprint density at radius 3 is 3.15 bits per heavy atom. The molecule has 0 amide bonds. The molecule has 7 nitrogen and oxygen atoms in total. The van der Waals surface area contributed by atoms with Crippen molar-refractivity contribution in [2.24, 2.45) is 0 Å². The van der Waals surface area contributed by atoms with Crippen LogP contribution in [0.5, 0.6) is 0 Å². The Balaban J connectivity index is 1.67. The summed E-state index contributed by atoms with van der Waals surface area (Å²) in [7, 11) is 0. The van der Waals surface area contributed by atoms with Crippen LogP contribution in [0.4, 0.5) is 5.13 Å². The van der Waals surface area contributed by atoms with Crippen LogP contribution in [0.15, 0.2) is 9.90 Å². The molecule has 0 aliphatic carbocycles. The van der Waals surface area contributed by atoms with E-state index in [4.69, 9.17) is 15.0 Å². The molecule has 0 bridgehead atoms. The lowest BCUT2D eigenvalue weighted by Gasteiger charge is -2.30.